The maximum Gasteiger partial charge on any atom is 0.305 e. The van der Waals surface area contributed by atoms with Crippen LogP contribution in [0.15, 0.2) is 81.0 Å². The molecule has 2 aliphatic heterocycles. The molecule has 2 N–H and O–H groups in total. The monoisotopic (exact) mass is 665 g/mol. The number of fused-ring (bicyclic) bond motifs is 2. The molecule has 1 saturated heterocycles. The fourth-order valence-electron chi connectivity index (χ4n) is 5.29. The van der Waals surface area contributed by atoms with Gasteiger partial charge in [0.1, 0.15) is 16.7 Å². The van der Waals surface area contributed by atoms with Gasteiger partial charge >= 0.3 is 4.87 Å². The molecule has 1 aromatic heterocycles. The fraction of sp³-hybridized carbons (Fsp3) is 0.200. The number of imide groups is 1. The molecule has 1 fully saturated rings. The number of hydrogen-bond acceptors (Lipinski definition) is 8. The lowest BCUT2D eigenvalue weighted by molar-refractivity contribution is -0.122. The summed E-state index contributed by atoms with van der Waals surface area (Å²) in [6.07, 6.45) is 0. The number of rotatable bonds is 7. The van der Waals surface area contributed by atoms with E-state index in [1.807, 2.05) is 31.2 Å². The highest BCUT2D eigenvalue weighted by atomic mass is 79.9. The van der Waals surface area contributed by atoms with E-state index in [1.165, 1.54) is 16.7 Å². The molecule has 0 spiro atoms. The Morgan fingerprint density at radius 1 is 1.05 bits per heavy atom. The quantitative estimate of drug-likeness (QED) is 0.256. The summed E-state index contributed by atoms with van der Waals surface area (Å²) in [7, 11) is 1.54. The molecular formula is C30H24BrN3O6S2. The largest absolute Gasteiger partial charge is 0.497 e. The van der Waals surface area contributed by atoms with Crippen LogP contribution in [0.3, 0.4) is 0 Å². The molecule has 3 atom stereocenters. The second kappa shape index (κ2) is 11.4. The van der Waals surface area contributed by atoms with Crippen molar-refractivity contribution >= 4 is 68.1 Å². The molecule has 0 unspecified atom stereocenters. The van der Waals surface area contributed by atoms with Gasteiger partial charge in [0.15, 0.2) is 6.61 Å². The number of carbonyl (C=O) groups excluding carboxylic acids is 3. The van der Waals surface area contributed by atoms with Crippen molar-refractivity contribution in [2.24, 2.45) is 5.92 Å². The first-order chi connectivity index (χ1) is 20.2. The van der Waals surface area contributed by atoms with E-state index in [4.69, 9.17) is 9.47 Å². The Morgan fingerprint density at radius 3 is 2.57 bits per heavy atom. The number of aryl methyl sites for hydroxylation is 1. The van der Waals surface area contributed by atoms with Crippen molar-refractivity contribution in [2.75, 3.05) is 23.9 Å². The number of thioether (sulfide) groups is 1. The van der Waals surface area contributed by atoms with Gasteiger partial charge in [-0.05, 0) is 67.1 Å². The molecule has 4 aromatic rings. The van der Waals surface area contributed by atoms with Crippen LogP contribution in [0.4, 0.5) is 11.4 Å². The van der Waals surface area contributed by atoms with Gasteiger partial charge in [-0.3, -0.25) is 19.2 Å². The summed E-state index contributed by atoms with van der Waals surface area (Å²) >= 11 is 5.73. The van der Waals surface area contributed by atoms with Crippen LogP contribution in [-0.2, 0) is 14.4 Å². The van der Waals surface area contributed by atoms with Crippen molar-refractivity contribution in [3.05, 3.63) is 96.9 Å². The molecule has 3 aromatic carbocycles. The number of ether oxygens (including phenoxy) is 2. The summed E-state index contributed by atoms with van der Waals surface area (Å²) in [6.45, 7) is 1.66. The maximum absolute atomic E-state index is 14.1. The molecule has 214 valence electrons. The Labute approximate surface area is 257 Å². The Kier molecular flexibility index (Phi) is 7.69. The summed E-state index contributed by atoms with van der Waals surface area (Å²) in [6, 6.07) is 19.5. The lowest BCUT2D eigenvalue weighted by atomic mass is 9.82. The van der Waals surface area contributed by atoms with E-state index in [2.05, 4.69) is 26.2 Å². The van der Waals surface area contributed by atoms with Gasteiger partial charge in [0, 0.05) is 26.5 Å². The molecule has 12 heteroatoms. The summed E-state index contributed by atoms with van der Waals surface area (Å²) in [4.78, 5) is 57.5. The number of nitrogens with zero attached hydrogens (tertiary/aromatic N) is 1. The molecule has 0 aliphatic carbocycles. The molecule has 0 radical (unpaired) electrons. The molecule has 0 saturated carbocycles. The van der Waals surface area contributed by atoms with Crippen molar-refractivity contribution in [3.63, 3.8) is 0 Å². The van der Waals surface area contributed by atoms with Crippen LogP contribution >= 0.6 is 39.0 Å². The van der Waals surface area contributed by atoms with Gasteiger partial charge in [-0.15, -0.1) is 0 Å². The molecule has 0 bridgehead atoms. The number of aromatic amines is 1. The number of benzene rings is 3. The zero-order valence-electron chi connectivity index (χ0n) is 22.4. The number of aromatic nitrogens is 1. The van der Waals surface area contributed by atoms with E-state index < -0.39 is 17.1 Å². The van der Waals surface area contributed by atoms with Crippen LogP contribution in [0.25, 0.3) is 0 Å². The van der Waals surface area contributed by atoms with Crippen LogP contribution in [-0.4, -0.2) is 41.7 Å². The van der Waals surface area contributed by atoms with Gasteiger partial charge in [-0.2, -0.15) is 0 Å². The lowest BCUT2D eigenvalue weighted by Crippen LogP contribution is -2.32. The van der Waals surface area contributed by atoms with E-state index >= 15 is 0 Å². The fourth-order valence-corrected chi connectivity index (χ4v) is 8.18. The number of hydrogen-bond donors (Lipinski definition) is 2. The van der Waals surface area contributed by atoms with Crippen molar-refractivity contribution in [1.29, 1.82) is 0 Å². The predicted octanol–water partition coefficient (Wildman–Crippen LogP) is 5.33. The Balaban J connectivity index is 1.36. The second-order valence-electron chi connectivity index (χ2n) is 9.85. The van der Waals surface area contributed by atoms with Crippen molar-refractivity contribution < 1.29 is 23.9 Å². The highest BCUT2D eigenvalue weighted by Crippen LogP contribution is 2.54. The third kappa shape index (κ3) is 5.25. The second-order valence-corrected chi connectivity index (χ2v) is 12.9. The average Bonchev–Trinajstić information content (AvgIpc) is 3.46. The van der Waals surface area contributed by atoms with E-state index in [0.717, 1.165) is 21.4 Å². The molecule has 42 heavy (non-hydrogen) atoms. The minimum atomic E-state index is -0.804. The zero-order valence-corrected chi connectivity index (χ0v) is 25.6. The number of anilines is 2. The molecule has 3 amide bonds. The van der Waals surface area contributed by atoms with Crippen LogP contribution in [0.5, 0.6) is 11.5 Å². The summed E-state index contributed by atoms with van der Waals surface area (Å²) in [5.41, 5.74) is 2.70. The van der Waals surface area contributed by atoms with Crippen molar-refractivity contribution in [2.45, 2.75) is 23.1 Å². The Bertz CT molecular complexity index is 1770. The third-order valence-electron chi connectivity index (χ3n) is 7.12. The van der Waals surface area contributed by atoms with Gasteiger partial charge in [0.25, 0.3) is 5.91 Å². The summed E-state index contributed by atoms with van der Waals surface area (Å²) in [5.74, 6) is -1.58. The Hall–Kier alpha value is -3.87. The van der Waals surface area contributed by atoms with Crippen molar-refractivity contribution in [3.8, 4) is 11.5 Å². The zero-order chi connectivity index (χ0) is 29.5. The smallest absolute Gasteiger partial charge is 0.305 e. The molecule has 3 heterocycles. The SMILES string of the molecule is COc1ccc(N2C(=O)[C@H]3[C@H](c4cc(Br)ccc4OCC(=O)Nc4cccc(C)c4)c4sc(=O)[nH]c4S[C@H]3C2=O)cc1. The van der Waals surface area contributed by atoms with E-state index in [9.17, 15) is 19.2 Å². The first-order valence-electron chi connectivity index (χ1n) is 12.9. The van der Waals surface area contributed by atoms with Gasteiger partial charge < -0.3 is 19.8 Å². The normalized spacial score (nSPS) is 19.3. The highest BCUT2D eigenvalue weighted by molar-refractivity contribution is 9.10. The van der Waals surface area contributed by atoms with Crippen LogP contribution in [0.1, 0.15) is 21.9 Å². The van der Waals surface area contributed by atoms with Crippen LogP contribution in [0.2, 0.25) is 0 Å². The van der Waals surface area contributed by atoms with E-state index in [-0.39, 0.29) is 29.2 Å². The van der Waals surface area contributed by atoms with Crippen molar-refractivity contribution in [1.82, 2.24) is 4.98 Å². The van der Waals surface area contributed by atoms with Crippen LogP contribution in [0, 0.1) is 12.8 Å². The number of H-pyrrole nitrogens is 1. The van der Waals surface area contributed by atoms with Gasteiger partial charge in [-0.25, -0.2) is 4.90 Å². The van der Waals surface area contributed by atoms with Gasteiger partial charge in [0.05, 0.1) is 23.7 Å². The number of thiazole rings is 1. The molecule has 2 aliphatic rings. The van der Waals surface area contributed by atoms with Gasteiger partial charge in [0.2, 0.25) is 11.8 Å². The van der Waals surface area contributed by atoms with E-state index in [0.29, 0.717) is 38.3 Å². The molecular weight excluding hydrogens is 642 g/mol. The predicted molar refractivity (Wildman–Crippen MR) is 165 cm³/mol. The summed E-state index contributed by atoms with van der Waals surface area (Å²) in [5, 5.41) is 2.62. The standard InChI is InChI=1S/C30H24BrN3O6S2/c1-15-4-3-5-17(12-15)32-22(35)14-40-21-11-6-16(31)13-20(21)23-24-26(41-27-25(23)42-30(38)33-27)29(37)34(28(24)36)18-7-9-19(39-2)10-8-18/h3-13,23-24,26H,14H2,1-2H3,(H,32,35)(H,33,38)/t23-,24-,26+/m0/s1. The van der Waals surface area contributed by atoms with E-state index in [1.54, 1.807) is 49.6 Å². The number of nitrogens with one attached hydrogen (secondary N) is 2. The van der Waals surface area contributed by atoms with Gasteiger partial charge in [-0.1, -0.05) is 51.2 Å². The number of halogens is 1. The maximum atomic E-state index is 14.1. The van der Waals surface area contributed by atoms with Crippen LogP contribution < -0.4 is 24.6 Å². The minimum Gasteiger partial charge on any atom is -0.497 e. The number of amides is 3. The lowest BCUT2D eigenvalue weighted by Gasteiger charge is -2.31. The number of methoxy groups -OCH3 is 1. The first-order valence-corrected chi connectivity index (χ1v) is 15.4. The molecule has 9 nitrogen and oxygen atoms in total. The average molecular weight is 667 g/mol. The summed E-state index contributed by atoms with van der Waals surface area (Å²) < 4.78 is 12.0. The minimum absolute atomic E-state index is 0.278. The Morgan fingerprint density at radius 2 is 1.83 bits per heavy atom. The molecule has 6 rings (SSSR count). The third-order valence-corrected chi connectivity index (χ3v) is 10.0. The number of carbonyl (C=O) groups is 3. The first kappa shape index (κ1) is 28.3. The highest BCUT2D eigenvalue weighted by Gasteiger charge is 2.56. The topological polar surface area (TPSA) is 118 Å².